The van der Waals surface area contributed by atoms with Crippen LogP contribution < -0.4 is 5.32 Å². The zero-order valence-corrected chi connectivity index (χ0v) is 11.4. The summed E-state index contributed by atoms with van der Waals surface area (Å²) in [6.07, 6.45) is 2.81. The van der Waals surface area contributed by atoms with Gasteiger partial charge in [0.05, 0.1) is 0 Å². The molecule has 1 aromatic carbocycles. The van der Waals surface area contributed by atoms with Crippen molar-refractivity contribution in [3.8, 4) is 0 Å². The molecule has 0 radical (unpaired) electrons. The lowest BCUT2D eigenvalue weighted by molar-refractivity contribution is 0.263. The van der Waals surface area contributed by atoms with Crippen LogP contribution in [0.15, 0.2) is 12.1 Å². The smallest absolute Gasteiger partial charge is 0.0456 e. The van der Waals surface area contributed by atoms with E-state index in [0.717, 1.165) is 24.3 Å². The monoisotopic (exact) mass is 273 g/mol. The highest BCUT2D eigenvalue weighted by atomic mass is 35.5. The summed E-state index contributed by atoms with van der Waals surface area (Å²) in [6, 6.07) is 4.41. The van der Waals surface area contributed by atoms with Gasteiger partial charge in [-0.1, -0.05) is 23.2 Å². The first kappa shape index (κ1) is 13.2. The molecule has 2 N–H and O–H groups in total. The minimum Gasteiger partial charge on any atom is -0.396 e. The normalized spacial score (nSPS) is 20.4. The quantitative estimate of drug-likeness (QED) is 0.882. The molecule has 1 unspecified atom stereocenters. The Morgan fingerprint density at radius 1 is 1.47 bits per heavy atom. The third-order valence-electron chi connectivity index (χ3n) is 3.30. The maximum atomic E-state index is 8.91. The van der Waals surface area contributed by atoms with Gasteiger partial charge in [0.25, 0.3) is 0 Å². The van der Waals surface area contributed by atoms with E-state index in [1.165, 1.54) is 11.1 Å². The van der Waals surface area contributed by atoms with E-state index in [9.17, 15) is 0 Å². The van der Waals surface area contributed by atoms with Gasteiger partial charge in [-0.3, -0.25) is 0 Å². The van der Waals surface area contributed by atoms with Crippen molar-refractivity contribution >= 4 is 23.2 Å². The highest BCUT2D eigenvalue weighted by Gasteiger charge is 2.25. The van der Waals surface area contributed by atoms with Gasteiger partial charge in [0.2, 0.25) is 0 Å². The van der Waals surface area contributed by atoms with Crippen LogP contribution in [0.1, 0.15) is 36.9 Å². The fourth-order valence-electron chi connectivity index (χ4n) is 2.44. The van der Waals surface area contributed by atoms with Gasteiger partial charge in [0, 0.05) is 28.7 Å². The fraction of sp³-hybridized carbons (Fsp3) is 0.538. The van der Waals surface area contributed by atoms with Crippen LogP contribution in [0, 0.1) is 0 Å². The SMILES string of the molecule is C[C@H](CCO)NC1CCc2c(Cl)cc(Cl)cc21. The molecule has 1 aliphatic rings. The molecule has 1 aromatic rings. The number of benzene rings is 1. The van der Waals surface area contributed by atoms with E-state index < -0.39 is 0 Å². The molecule has 1 aliphatic carbocycles. The summed E-state index contributed by atoms with van der Waals surface area (Å²) in [7, 11) is 0. The Balaban J connectivity index is 2.16. The molecule has 0 saturated heterocycles. The Hall–Kier alpha value is -0.280. The lowest BCUT2D eigenvalue weighted by atomic mass is 10.1. The zero-order valence-electron chi connectivity index (χ0n) is 9.84. The summed E-state index contributed by atoms with van der Waals surface area (Å²) >= 11 is 12.2. The molecule has 0 aromatic heterocycles. The highest BCUT2D eigenvalue weighted by Crippen LogP contribution is 2.38. The van der Waals surface area contributed by atoms with Crippen molar-refractivity contribution in [3.05, 3.63) is 33.3 Å². The molecule has 0 heterocycles. The van der Waals surface area contributed by atoms with Crippen LogP contribution in [0.3, 0.4) is 0 Å². The summed E-state index contributed by atoms with van der Waals surface area (Å²) < 4.78 is 0. The number of hydrogen-bond donors (Lipinski definition) is 2. The predicted octanol–water partition coefficient (Wildman–Crippen LogP) is 3.34. The van der Waals surface area contributed by atoms with Gasteiger partial charge in [-0.2, -0.15) is 0 Å². The molecule has 0 spiro atoms. The third kappa shape index (κ3) is 2.94. The Labute approximate surface area is 112 Å². The standard InChI is InChI=1S/C13H17Cl2NO/c1-8(4-5-17)16-13-3-2-10-11(13)6-9(14)7-12(10)15/h6-8,13,16-17H,2-5H2,1H3/t8-,13?/m1/s1. The van der Waals surface area contributed by atoms with E-state index in [1.807, 2.05) is 12.1 Å². The van der Waals surface area contributed by atoms with Crippen molar-refractivity contribution in [2.24, 2.45) is 0 Å². The van der Waals surface area contributed by atoms with Crippen molar-refractivity contribution in [2.75, 3.05) is 6.61 Å². The Morgan fingerprint density at radius 3 is 2.94 bits per heavy atom. The molecule has 94 valence electrons. The minimum absolute atomic E-state index is 0.212. The Bertz CT molecular complexity index is 409. The largest absolute Gasteiger partial charge is 0.396 e. The molecule has 4 heteroatoms. The van der Waals surface area contributed by atoms with Gasteiger partial charge in [-0.15, -0.1) is 0 Å². The van der Waals surface area contributed by atoms with E-state index in [1.54, 1.807) is 0 Å². The molecule has 2 atom stereocenters. The fourth-order valence-corrected chi connectivity index (χ4v) is 3.04. The molecular weight excluding hydrogens is 257 g/mol. The predicted molar refractivity (Wildman–Crippen MR) is 71.8 cm³/mol. The number of nitrogens with one attached hydrogen (secondary N) is 1. The van der Waals surface area contributed by atoms with Gasteiger partial charge < -0.3 is 10.4 Å². The second-order valence-electron chi connectivity index (χ2n) is 4.63. The van der Waals surface area contributed by atoms with Crippen LogP contribution in [0.2, 0.25) is 10.0 Å². The van der Waals surface area contributed by atoms with Crippen molar-refractivity contribution in [1.82, 2.24) is 5.32 Å². The molecule has 2 rings (SSSR count). The number of rotatable bonds is 4. The van der Waals surface area contributed by atoms with Crippen LogP contribution in [0.25, 0.3) is 0 Å². The summed E-state index contributed by atoms with van der Waals surface area (Å²) in [6.45, 7) is 2.30. The second-order valence-corrected chi connectivity index (χ2v) is 5.47. The van der Waals surface area contributed by atoms with E-state index >= 15 is 0 Å². The first-order chi connectivity index (χ1) is 8.11. The lowest BCUT2D eigenvalue weighted by Gasteiger charge is -2.20. The first-order valence-electron chi connectivity index (χ1n) is 5.96. The maximum Gasteiger partial charge on any atom is 0.0456 e. The summed E-state index contributed by atoms with van der Waals surface area (Å²) in [5.74, 6) is 0. The number of hydrogen-bond acceptors (Lipinski definition) is 2. The molecule has 0 fully saturated rings. The third-order valence-corrected chi connectivity index (χ3v) is 3.86. The maximum absolute atomic E-state index is 8.91. The molecule has 2 nitrogen and oxygen atoms in total. The number of halogens is 2. The van der Waals surface area contributed by atoms with Gasteiger partial charge in [-0.05, 0) is 49.4 Å². The second kappa shape index (κ2) is 5.57. The van der Waals surface area contributed by atoms with Crippen molar-refractivity contribution in [3.63, 3.8) is 0 Å². The van der Waals surface area contributed by atoms with Crippen molar-refractivity contribution < 1.29 is 5.11 Å². The van der Waals surface area contributed by atoms with Crippen LogP contribution in [0.5, 0.6) is 0 Å². The summed E-state index contributed by atoms with van der Waals surface area (Å²) in [5.41, 5.74) is 2.43. The average molecular weight is 274 g/mol. The topological polar surface area (TPSA) is 32.3 Å². The van der Waals surface area contributed by atoms with Crippen molar-refractivity contribution in [2.45, 2.75) is 38.3 Å². The van der Waals surface area contributed by atoms with Crippen LogP contribution in [-0.2, 0) is 6.42 Å². The molecule has 17 heavy (non-hydrogen) atoms. The molecule has 0 bridgehead atoms. The molecular formula is C13H17Cl2NO. The molecule has 0 saturated carbocycles. The van der Waals surface area contributed by atoms with E-state index in [-0.39, 0.29) is 6.61 Å². The summed E-state index contributed by atoms with van der Waals surface area (Å²) in [4.78, 5) is 0. The van der Waals surface area contributed by atoms with E-state index in [0.29, 0.717) is 17.1 Å². The van der Waals surface area contributed by atoms with Crippen LogP contribution >= 0.6 is 23.2 Å². The number of fused-ring (bicyclic) bond motifs is 1. The minimum atomic E-state index is 0.212. The number of aliphatic hydroxyl groups is 1. The van der Waals surface area contributed by atoms with E-state index in [2.05, 4.69) is 12.2 Å². The molecule has 0 aliphatic heterocycles. The number of aliphatic hydroxyl groups excluding tert-OH is 1. The highest BCUT2D eigenvalue weighted by molar-refractivity contribution is 6.35. The van der Waals surface area contributed by atoms with Gasteiger partial charge >= 0.3 is 0 Å². The van der Waals surface area contributed by atoms with Gasteiger partial charge in [-0.25, -0.2) is 0 Å². The Morgan fingerprint density at radius 2 is 2.24 bits per heavy atom. The Kier molecular flexibility index (Phi) is 4.31. The lowest BCUT2D eigenvalue weighted by Crippen LogP contribution is -2.30. The first-order valence-corrected chi connectivity index (χ1v) is 6.72. The van der Waals surface area contributed by atoms with Crippen LogP contribution in [-0.4, -0.2) is 17.8 Å². The summed E-state index contributed by atoms with van der Waals surface area (Å²) in [5, 5.41) is 13.9. The average Bonchev–Trinajstić information content (AvgIpc) is 2.62. The molecule has 0 amide bonds. The van der Waals surface area contributed by atoms with Crippen LogP contribution in [0.4, 0.5) is 0 Å². The van der Waals surface area contributed by atoms with Gasteiger partial charge in [0.15, 0.2) is 0 Å². The van der Waals surface area contributed by atoms with E-state index in [4.69, 9.17) is 28.3 Å². The van der Waals surface area contributed by atoms with Crippen molar-refractivity contribution in [1.29, 1.82) is 0 Å². The zero-order chi connectivity index (χ0) is 12.4. The van der Waals surface area contributed by atoms with Gasteiger partial charge in [0.1, 0.15) is 0 Å².